The Morgan fingerprint density at radius 2 is 2.12 bits per heavy atom. The second-order valence-corrected chi connectivity index (χ2v) is 5.20. The molecule has 0 spiro atoms. The van der Waals surface area contributed by atoms with Crippen LogP contribution >= 0.6 is 15.9 Å². The molecule has 0 atom stereocenters. The third kappa shape index (κ3) is 3.20. The Balaban J connectivity index is 3.10. The second kappa shape index (κ2) is 4.82. The van der Waals surface area contributed by atoms with Gasteiger partial charge in [-0.05, 0) is 32.4 Å². The van der Waals surface area contributed by atoms with Crippen LogP contribution in [0, 0.1) is 10.1 Å². The van der Waals surface area contributed by atoms with Crippen LogP contribution in [0.4, 0.5) is 11.4 Å². The third-order valence-corrected chi connectivity index (χ3v) is 3.01. The number of nitro groups is 1. The van der Waals surface area contributed by atoms with Crippen LogP contribution in [-0.4, -0.2) is 10.5 Å². The number of rotatable bonds is 4. The number of hydrogen-bond donors (Lipinski definition) is 1. The normalized spacial score (nSPS) is 11.2. The molecule has 0 bridgehead atoms. The molecule has 0 aliphatic carbocycles. The first kappa shape index (κ1) is 13.0. The van der Waals surface area contributed by atoms with Crippen LogP contribution < -0.4 is 5.32 Å². The van der Waals surface area contributed by atoms with Crippen molar-refractivity contribution in [2.24, 2.45) is 0 Å². The number of hydrogen-bond acceptors (Lipinski definition) is 3. The predicted octanol–water partition coefficient (Wildman–Crippen LogP) is 3.96. The maximum atomic E-state index is 10.9. The van der Waals surface area contributed by atoms with Crippen LogP contribution in [0.15, 0.2) is 22.7 Å². The van der Waals surface area contributed by atoms with Crippen LogP contribution in [0.3, 0.4) is 0 Å². The van der Waals surface area contributed by atoms with E-state index < -0.39 is 0 Å². The van der Waals surface area contributed by atoms with Gasteiger partial charge in [-0.2, -0.15) is 0 Å². The van der Waals surface area contributed by atoms with Crippen molar-refractivity contribution >= 4 is 27.3 Å². The van der Waals surface area contributed by atoms with Gasteiger partial charge in [-0.15, -0.1) is 0 Å². The maximum Gasteiger partial charge on any atom is 0.292 e. The van der Waals surface area contributed by atoms with E-state index in [0.717, 1.165) is 10.9 Å². The molecular formula is C11H15BrN2O2. The Morgan fingerprint density at radius 3 is 2.62 bits per heavy atom. The van der Waals surface area contributed by atoms with Crippen LogP contribution in [0.5, 0.6) is 0 Å². The van der Waals surface area contributed by atoms with Gasteiger partial charge in [-0.1, -0.05) is 22.9 Å². The van der Waals surface area contributed by atoms with Gasteiger partial charge in [-0.3, -0.25) is 10.1 Å². The number of halogens is 1. The molecule has 1 rings (SSSR count). The van der Waals surface area contributed by atoms with Gasteiger partial charge in [0.1, 0.15) is 5.69 Å². The fraction of sp³-hybridized carbons (Fsp3) is 0.455. The van der Waals surface area contributed by atoms with Crippen molar-refractivity contribution in [1.82, 2.24) is 0 Å². The lowest BCUT2D eigenvalue weighted by molar-refractivity contribution is -0.384. The number of nitrogens with zero attached hydrogens (tertiary/aromatic N) is 1. The van der Waals surface area contributed by atoms with Crippen molar-refractivity contribution in [1.29, 1.82) is 0 Å². The summed E-state index contributed by atoms with van der Waals surface area (Å²) in [5, 5.41) is 14.0. The van der Waals surface area contributed by atoms with Gasteiger partial charge >= 0.3 is 0 Å². The highest BCUT2D eigenvalue weighted by atomic mass is 79.9. The van der Waals surface area contributed by atoms with E-state index in [-0.39, 0.29) is 16.1 Å². The van der Waals surface area contributed by atoms with Gasteiger partial charge in [0.05, 0.1) is 4.92 Å². The van der Waals surface area contributed by atoms with Gasteiger partial charge in [-0.25, -0.2) is 0 Å². The van der Waals surface area contributed by atoms with Crippen LogP contribution in [0.25, 0.3) is 0 Å². The molecule has 88 valence electrons. The molecule has 0 saturated carbocycles. The molecule has 4 nitrogen and oxygen atoms in total. The topological polar surface area (TPSA) is 55.2 Å². The summed E-state index contributed by atoms with van der Waals surface area (Å²) >= 11 is 3.31. The summed E-state index contributed by atoms with van der Waals surface area (Å²) < 4.78 is 0.826. The molecule has 0 unspecified atom stereocenters. The lowest BCUT2D eigenvalue weighted by Gasteiger charge is -2.25. The fourth-order valence-electron chi connectivity index (χ4n) is 1.22. The number of anilines is 1. The lowest BCUT2D eigenvalue weighted by atomic mass is 10.0. The SMILES string of the molecule is CCC(C)(C)Nc1cc(Br)ccc1[N+](=O)[O-]. The second-order valence-electron chi connectivity index (χ2n) is 4.28. The van der Waals surface area contributed by atoms with Crippen molar-refractivity contribution in [3.05, 3.63) is 32.8 Å². The van der Waals surface area contributed by atoms with E-state index in [2.05, 4.69) is 21.2 Å². The van der Waals surface area contributed by atoms with E-state index in [4.69, 9.17) is 0 Å². The zero-order valence-corrected chi connectivity index (χ0v) is 11.2. The zero-order valence-electron chi connectivity index (χ0n) is 9.58. The van der Waals surface area contributed by atoms with Gasteiger partial charge in [0.25, 0.3) is 5.69 Å². The highest BCUT2D eigenvalue weighted by Gasteiger charge is 2.20. The Labute approximate surface area is 103 Å². The van der Waals surface area contributed by atoms with Gasteiger partial charge in [0.2, 0.25) is 0 Å². The molecule has 0 aliphatic heterocycles. The smallest absolute Gasteiger partial charge is 0.292 e. The van der Waals surface area contributed by atoms with Gasteiger partial charge < -0.3 is 5.32 Å². The van der Waals surface area contributed by atoms with E-state index in [1.807, 2.05) is 20.8 Å². The molecule has 0 aliphatic rings. The number of benzene rings is 1. The van der Waals surface area contributed by atoms with Crippen molar-refractivity contribution < 1.29 is 4.92 Å². The summed E-state index contributed by atoms with van der Waals surface area (Å²) in [6.07, 6.45) is 0.886. The Hall–Kier alpha value is -1.10. The molecule has 0 fully saturated rings. The first-order valence-electron chi connectivity index (χ1n) is 5.08. The first-order valence-corrected chi connectivity index (χ1v) is 5.87. The Kier molecular flexibility index (Phi) is 3.91. The summed E-state index contributed by atoms with van der Waals surface area (Å²) in [5.74, 6) is 0. The monoisotopic (exact) mass is 286 g/mol. The molecule has 5 heteroatoms. The van der Waals surface area contributed by atoms with Crippen LogP contribution in [0.1, 0.15) is 27.2 Å². The minimum absolute atomic E-state index is 0.102. The van der Waals surface area contributed by atoms with Crippen LogP contribution in [0.2, 0.25) is 0 Å². The summed E-state index contributed by atoms with van der Waals surface area (Å²) in [7, 11) is 0. The quantitative estimate of drug-likeness (QED) is 0.673. The molecular weight excluding hydrogens is 272 g/mol. The Morgan fingerprint density at radius 1 is 1.50 bits per heavy atom. The van der Waals surface area contributed by atoms with E-state index >= 15 is 0 Å². The first-order chi connectivity index (χ1) is 7.35. The highest BCUT2D eigenvalue weighted by Crippen LogP contribution is 2.30. The summed E-state index contributed by atoms with van der Waals surface area (Å²) in [6.45, 7) is 6.06. The van der Waals surface area contributed by atoms with Crippen molar-refractivity contribution in [2.45, 2.75) is 32.7 Å². The van der Waals surface area contributed by atoms with E-state index in [9.17, 15) is 10.1 Å². The predicted molar refractivity (Wildman–Crippen MR) is 68.8 cm³/mol. The minimum Gasteiger partial charge on any atom is -0.375 e. The maximum absolute atomic E-state index is 10.9. The number of nitrogens with one attached hydrogen (secondary N) is 1. The highest BCUT2D eigenvalue weighted by molar-refractivity contribution is 9.10. The van der Waals surface area contributed by atoms with E-state index in [1.165, 1.54) is 6.07 Å². The molecule has 0 saturated heterocycles. The molecule has 1 aromatic rings. The van der Waals surface area contributed by atoms with Crippen LogP contribution in [-0.2, 0) is 0 Å². The summed E-state index contributed by atoms with van der Waals surface area (Å²) in [4.78, 5) is 10.5. The average Bonchev–Trinajstić information content (AvgIpc) is 2.16. The molecule has 0 aromatic heterocycles. The molecule has 1 aromatic carbocycles. The van der Waals surface area contributed by atoms with E-state index in [1.54, 1.807) is 12.1 Å². The molecule has 1 N–H and O–H groups in total. The summed E-state index contributed by atoms with van der Waals surface area (Å²) in [6, 6.07) is 4.90. The van der Waals surface area contributed by atoms with Gasteiger partial charge in [0, 0.05) is 16.1 Å². The lowest BCUT2D eigenvalue weighted by Crippen LogP contribution is -2.29. The molecule has 0 amide bonds. The molecule has 0 heterocycles. The summed E-state index contributed by atoms with van der Waals surface area (Å²) in [5.41, 5.74) is 0.488. The van der Waals surface area contributed by atoms with Gasteiger partial charge in [0.15, 0.2) is 0 Å². The molecule has 16 heavy (non-hydrogen) atoms. The molecule has 0 radical (unpaired) electrons. The standard InChI is InChI=1S/C11H15BrN2O2/c1-4-11(2,3)13-9-7-8(12)5-6-10(9)14(15)16/h5-7,13H,4H2,1-3H3. The average molecular weight is 287 g/mol. The van der Waals surface area contributed by atoms with Crippen molar-refractivity contribution in [3.8, 4) is 0 Å². The Bertz CT molecular complexity index is 405. The minimum atomic E-state index is -0.374. The van der Waals surface area contributed by atoms with Crippen molar-refractivity contribution in [2.75, 3.05) is 5.32 Å². The third-order valence-electron chi connectivity index (χ3n) is 2.51. The van der Waals surface area contributed by atoms with E-state index in [0.29, 0.717) is 5.69 Å². The fourth-order valence-corrected chi connectivity index (χ4v) is 1.58. The largest absolute Gasteiger partial charge is 0.375 e. The zero-order chi connectivity index (χ0) is 12.3. The van der Waals surface area contributed by atoms with Crippen molar-refractivity contribution in [3.63, 3.8) is 0 Å². The number of nitro benzene ring substituents is 1.